The van der Waals surface area contributed by atoms with Gasteiger partial charge in [-0.2, -0.15) is 11.8 Å². The van der Waals surface area contributed by atoms with E-state index in [1.807, 2.05) is 36.6 Å². The van der Waals surface area contributed by atoms with Gasteiger partial charge in [0.2, 0.25) is 10.0 Å². The molecule has 0 amide bonds. The first-order valence-electron chi connectivity index (χ1n) is 6.11. The summed E-state index contributed by atoms with van der Waals surface area (Å²) in [6.07, 6.45) is 2.85. The predicted molar refractivity (Wildman–Crippen MR) is 82.1 cm³/mol. The Balaban J connectivity index is 2.28. The number of nitrogens with one attached hydrogen (secondary N) is 1. The molecule has 0 spiro atoms. The highest BCUT2D eigenvalue weighted by Crippen LogP contribution is 2.22. The molecule has 5 heteroatoms. The third kappa shape index (κ3) is 3.49. The van der Waals surface area contributed by atoms with Gasteiger partial charge in [0.1, 0.15) is 0 Å². The van der Waals surface area contributed by atoms with Crippen LogP contribution in [-0.2, 0) is 10.0 Å². The van der Waals surface area contributed by atoms with Gasteiger partial charge in [0.15, 0.2) is 0 Å². The maximum atomic E-state index is 12.3. The molecular formula is C14H17NO2S2. The second-order valence-corrected chi connectivity index (χ2v) is 6.94. The van der Waals surface area contributed by atoms with Crippen LogP contribution in [0.2, 0.25) is 0 Å². The van der Waals surface area contributed by atoms with Gasteiger partial charge >= 0.3 is 0 Å². The van der Waals surface area contributed by atoms with E-state index in [1.165, 1.54) is 0 Å². The fraction of sp³-hybridized carbons (Fsp3) is 0.286. The molecular weight excluding hydrogens is 278 g/mol. The van der Waals surface area contributed by atoms with E-state index in [1.54, 1.807) is 23.9 Å². The molecule has 0 bridgehead atoms. The molecule has 2 aromatic rings. The van der Waals surface area contributed by atoms with Crippen LogP contribution in [-0.4, -0.2) is 27.0 Å². The van der Waals surface area contributed by atoms with Gasteiger partial charge < -0.3 is 0 Å². The average molecular weight is 295 g/mol. The number of benzene rings is 2. The van der Waals surface area contributed by atoms with Gasteiger partial charge in [-0.25, -0.2) is 13.1 Å². The van der Waals surface area contributed by atoms with Crippen molar-refractivity contribution in [1.82, 2.24) is 4.72 Å². The van der Waals surface area contributed by atoms with Crippen LogP contribution < -0.4 is 4.72 Å². The third-order valence-corrected chi connectivity index (χ3v) is 5.07. The summed E-state index contributed by atoms with van der Waals surface area (Å²) in [7, 11) is -3.43. The van der Waals surface area contributed by atoms with Gasteiger partial charge in [-0.15, -0.1) is 0 Å². The van der Waals surface area contributed by atoms with E-state index in [9.17, 15) is 8.42 Å². The van der Waals surface area contributed by atoms with Gasteiger partial charge in [-0.3, -0.25) is 0 Å². The molecule has 0 atom stereocenters. The molecule has 2 aromatic carbocycles. The lowest BCUT2D eigenvalue weighted by molar-refractivity contribution is 0.582. The first-order chi connectivity index (χ1) is 9.15. The van der Waals surface area contributed by atoms with Gasteiger partial charge in [0.05, 0.1) is 4.90 Å². The van der Waals surface area contributed by atoms with Crippen molar-refractivity contribution in [3.63, 3.8) is 0 Å². The highest BCUT2D eigenvalue weighted by Gasteiger charge is 2.15. The van der Waals surface area contributed by atoms with Crippen LogP contribution in [0.1, 0.15) is 6.42 Å². The summed E-state index contributed by atoms with van der Waals surface area (Å²) < 4.78 is 27.2. The van der Waals surface area contributed by atoms with Crippen LogP contribution in [0.15, 0.2) is 47.4 Å². The van der Waals surface area contributed by atoms with E-state index in [0.717, 1.165) is 22.9 Å². The molecule has 0 radical (unpaired) electrons. The van der Waals surface area contributed by atoms with Gasteiger partial charge in [-0.05, 0) is 29.9 Å². The van der Waals surface area contributed by atoms with Crippen molar-refractivity contribution in [3.8, 4) is 0 Å². The first kappa shape index (κ1) is 14.4. The van der Waals surface area contributed by atoms with E-state index in [2.05, 4.69) is 4.72 Å². The quantitative estimate of drug-likeness (QED) is 0.834. The summed E-state index contributed by atoms with van der Waals surface area (Å²) in [5.74, 6) is 0.956. The average Bonchev–Trinajstić information content (AvgIpc) is 2.43. The number of hydrogen-bond acceptors (Lipinski definition) is 3. The molecule has 0 aliphatic rings. The van der Waals surface area contributed by atoms with Crippen LogP contribution >= 0.6 is 11.8 Å². The Labute approximate surface area is 118 Å². The lowest BCUT2D eigenvalue weighted by Gasteiger charge is -2.09. The topological polar surface area (TPSA) is 46.2 Å². The summed E-state index contributed by atoms with van der Waals surface area (Å²) in [4.78, 5) is 0.356. The largest absolute Gasteiger partial charge is 0.241 e. The maximum absolute atomic E-state index is 12.3. The monoisotopic (exact) mass is 295 g/mol. The van der Waals surface area contributed by atoms with Crippen LogP contribution in [0.25, 0.3) is 10.8 Å². The Hall–Kier alpha value is -1.04. The molecule has 3 nitrogen and oxygen atoms in total. The van der Waals surface area contributed by atoms with Crippen molar-refractivity contribution in [2.45, 2.75) is 11.3 Å². The molecule has 0 heterocycles. The summed E-state index contributed by atoms with van der Waals surface area (Å²) in [6, 6.07) is 12.9. The van der Waals surface area contributed by atoms with Crippen molar-refractivity contribution in [2.75, 3.05) is 18.6 Å². The molecule has 0 aromatic heterocycles. The molecule has 19 heavy (non-hydrogen) atoms. The third-order valence-electron chi connectivity index (χ3n) is 2.86. The van der Waals surface area contributed by atoms with Crippen molar-refractivity contribution in [1.29, 1.82) is 0 Å². The molecule has 0 aliphatic heterocycles. The van der Waals surface area contributed by atoms with Gasteiger partial charge in [0.25, 0.3) is 0 Å². The maximum Gasteiger partial charge on any atom is 0.241 e. The lowest BCUT2D eigenvalue weighted by atomic mass is 10.1. The van der Waals surface area contributed by atoms with Crippen LogP contribution in [0.3, 0.4) is 0 Å². The Morgan fingerprint density at radius 3 is 2.63 bits per heavy atom. The number of thioether (sulfide) groups is 1. The highest BCUT2D eigenvalue weighted by atomic mass is 32.2. The lowest BCUT2D eigenvalue weighted by Crippen LogP contribution is -2.25. The van der Waals surface area contributed by atoms with Crippen molar-refractivity contribution in [3.05, 3.63) is 42.5 Å². The standard InChI is InChI=1S/C14H17NO2S2/c1-18-11-5-10-15-19(16,17)14-9-4-7-12-6-2-3-8-13(12)14/h2-4,6-9,15H,5,10-11H2,1H3. The normalized spacial score (nSPS) is 11.8. The summed E-state index contributed by atoms with van der Waals surface area (Å²) in [5, 5.41) is 1.71. The Bertz CT molecular complexity index is 648. The molecule has 102 valence electrons. The fourth-order valence-electron chi connectivity index (χ4n) is 1.93. The second kappa shape index (κ2) is 6.41. The van der Waals surface area contributed by atoms with Crippen molar-refractivity contribution in [2.24, 2.45) is 0 Å². The number of rotatable bonds is 6. The zero-order chi connectivity index (χ0) is 13.7. The molecule has 0 unspecified atom stereocenters. The zero-order valence-electron chi connectivity index (χ0n) is 10.8. The van der Waals surface area contributed by atoms with Crippen LogP contribution in [0.5, 0.6) is 0 Å². The smallest absolute Gasteiger partial charge is 0.211 e. The minimum Gasteiger partial charge on any atom is -0.211 e. The summed E-state index contributed by atoms with van der Waals surface area (Å²) in [6.45, 7) is 0.479. The predicted octanol–water partition coefficient (Wildman–Crippen LogP) is 2.87. The fourth-order valence-corrected chi connectivity index (χ4v) is 3.67. The van der Waals surface area contributed by atoms with E-state index in [0.29, 0.717) is 11.4 Å². The van der Waals surface area contributed by atoms with Crippen LogP contribution in [0.4, 0.5) is 0 Å². The van der Waals surface area contributed by atoms with E-state index in [4.69, 9.17) is 0 Å². The zero-order valence-corrected chi connectivity index (χ0v) is 12.4. The van der Waals surface area contributed by atoms with E-state index >= 15 is 0 Å². The van der Waals surface area contributed by atoms with E-state index in [-0.39, 0.29) is 0 Å². The molecule has 0 saturated carbocycles. The van der Waals surface area contributed by atoms with Crippen molar-refractivity contribution >= 4 is 32.6 Å². The second-order valence-electron chi connectivity index (χ2n) is 4.22. The first-order valence-corrected chi connectivity index (χ1v) is 8.99. The van der Waals surface area contributed by atoms with Gasteiger partial charge in [0, 0.05) is 11.9 Å². The molecule has 2 rings (SSSR count). The summed E-state index contributed by atoms with van der Waals surface area (Å²) in [5.41, 5.74) is 0. The Morgan fingerprint density at radius 2 is 1.84 bits per heavy atom. The SMILES string of the molecule is CSCCCNS(=O)(=O)c1cccc2ccccc12. The van der Waals surface area contributed by atoms with Gasteiger partial charge in [-0.1, -0.05) is 36.4 Å². The van der Waals surface area contributed by atoms with E-state index < -0.39 is 10.0 Å². The Kier molecular flexibility index (Phi) is 4.85. The molecule has 0 aliphatic carbocycles. The number of hydrogen-bond donors (Lipinski definition) is 1. The minimum atomic E-state index is -3.43. The molecule has 1 N–H and O–H groups in total. The highest BCUT2D eigenvalue weighted by molar-refractivity contribution is 7.98. The Morgan fingerprint density at radius 1 is 1.11 bits per heavy atom. The minimum absolute atomic E-state index is 0.356. The van der Waals surface area contributed by atoms with Crippen LogP contribution in [0, 0.1) is 0 Å². The molecule has 0 fully saturated rings. The van der Waals surface area contributed by atoms with Crippen molar-refractivity contribution < 1.29 is 8.42 Å². The number of fused-ring (bicyclic) bond motifs is 1. The molecule has 0 saturated heterocycles. The summed E-state index contributed by atoms with van der Waals surface area (Å²) >= 11 is 1.72. The number of sulfonamides is 1.